The molecule has 0 spiro atoms. The van der Waals surface area contributed by atoms with Crippen LogP contribution in [0, 0.1) is 0 Å². The zero-order valence-electron chi connectivity index (χ0n) is 15.9. The number of aryl methyl sites for hydroxylation is 1. The van der Waals surface area contributed by atoms with Gasteiger partial charge in [0.05, 0.1) is 0 Å². The quantitative estimate of drug-likeness (QED) is 0.563. The Hall–Kier alpha value is -3.55. The number of pyridine rings is 1. The first kappa shape index (κ1) is 20.2. The number of carboxylic acid groups (broad SMARTS) is 1. The topological polar surface area (TPSA) is 109 Å². The second-order valence-electron chi connectivity index (χ2n) is 6.52. The van der Waals surface area contributed by atoms with Crippen LogP contribution in [0.25, 0.3) is 11.5 Å². The van der Waals surface area contributed by atoms with Gasteiger partial charge in [-0.25, -0.2) is 0 Å². The third-order valence-corrected chi connectivity index (χ3v) is 4.30. The van der Waals surface area contributed by atoms with Crippen molar-refractivity contribution in [1.82, 2.24) is 20.0 Å². The number of aromatic nitrogens is 3. The monoisotopic (exact) mass is 394 g/mol. The minimum Gasteiger partial charge on any atom is -0.481 e. The van der Waals surface area contributed by atoms with Crippen molar-refractivity contribution in [3.05, 3.63) is 66.2 Å². The number of carbonyl (C=O) groups is 2. The summed E-state index contributed by atoms with van der Waals surface area (Å²) in [5.74, 6) is -0.207. The van der Waals surface area contributed by atoms with Crippen molar-refractivity contribution in [3.8, 4) is 11.5 Å². The fraction of sp³-hybridized carbons (Fsp3) is 0.286. The SMILES string of the molecule is O=C(O)CCCN(Cc1ccccc1)C(=O)CCc1nc(-c2ccccn2)no1. The molecule has 0 bridgehead atoms. The maximum Gasteiger partial charge on any atom is 0.303 e. The zero-order chi connectivity index (χ0) is 20.5. The molecule has 1 amide bonds. The molecule has 3 aromatic rings. The van der Waals surface area contributed by atoms with Crippen molar-refractivity contribution in [1.29, 1.82) is 0 Å². The molecule has 29 heavy (non-hydrogen) atoms. The molecule has 0 unspecified atom stereocenters. The summed E-state index contributed by atoms with van der Waals surface area (Å²) in [5.41, 5.74) is 1.60. The van der Waals surface area contributed by atoms with Crippen LogP contribution >= 0.6 is 0 Å². The van der Waals surface area contributed by atoms with E-state index < -0.39 is 5.97 Å². The second-order valence-corrected chi connectivity index (χ2v) is 6.52. The van der Waals surface area contributed by atoms with E-state index in [9.17, 15) is 9.59 Å². The van der Waals surface area contributed by atoms with Crippen molar-refractivity contribution in [2.24, 2.45) is 0 Å². The minimum absolute atomic E-state index is 0.0235. The summed E-state index contributed by atoms with van der Waals surface area (Å²) in [6, 6.07) is 15.0. The first-order valence-corrected chi connectivity index (χ1v) is 9.39. The van der Waals surface area contributed by atoms with Crippen molar-refractivity contribution in [2.45, 2.75) is 32.2 Å². The van der Waals surface area contributed by atoms with Crippen LogP contribution in [0.5, 0.6) is 0 Å². The van der Waals surface area contributed by atoms with Gasteiger partial charge >= 0.3 is 5.97 Å². The normalized spacial score (nSPS) is 10.6. The highest BCUT2D eigenvalue weighted by molar-refractivity contribution is 5.76. The summed E-state index contributed by atoms with van der Waals surface area (Å²) in [6.07, 6.45) is 2.58. The predicted octanol–water partition coefficient (Wildman–Crippen LogP) is 2.96. The lowest BCUT2D eigenvalue weighted by Gasteiger charge is -2.22. The fourth-order valence-electron chi connectivity index (χ4n) is 2.84. The van der Waals surface area contributed by atoms with Gasteiger partial charge in [-0.05, 0) is 24.1 Å². The van der Waals surface area contributed by atoms with Gasteiger partial charge in [-0.3, -0.25) is 14.6 Å². The first-order chi connectivity index (χ1) is 14.1. The summed E-state index contributed by atoms with van der Waals surface area (Å²) in [4.78, 5) is 33.7. The van der Waals surface area contributed by atoms with Gasteiger partial charge in [-0.1, -0.05) is 41.6 Å². The number of carbonyl (C=O) groups excluding carboxylic acids is 1. The largest absolute Gasteiger partial charge is 0.481 e. The smallest absolute Gasteiger partial charge is 0.303 e. The molecule has 0 aliphatic rings. The molecule has 1 aromatic carbocycles. The highest BCUT2D eigenvalue weighted by atomic mass is 16.5. The van der Waals surface area contributed by atoms with Gasteiger partial charge in [0.25, 0.3) is 0 Å². The Kier molecular flexibility index (Phi) is 7.05. The lowest BCUT2D eigenvalue weighted by atomic mass is 10.1. The molecule has 150 valence electrons. The number of hydrogen-bond acceptors (Lipinski definition) is 6. The molecule has 0 radical (unpaired) electrons. The maximum atomic E-state index is 12.7. The van der Waals surface area contributed by atoms with Crippen LogP contribution in [-0.2, 0) is 22.6 Å². The molecule has 8 nitrogen and oxygen atoms in total. The van der Waals surface area contributed by atoms with Crippen LogP contribution in [0.4, 0.5) is 0 Å². The molecule has 0 aliphatic heterocycles. The fourth-order valence-corrected chi connectivity index (χ4v) is 2.84. The molecule has 0 saturated carbocycles. The zero-order valence-corrected chi connectivity index (χ0v) is 15.9. The number of amides is 1. The summed E-state index contributed by atoms with van der Waals surface area (Å²) in [6.45, 7) is 0.811. The Morgan fingerprint density at radius 2 is 1.83 bits per heavy atom. The molecule has 0 atom stereocenters. The molecule has 0 aliphatic carbocycles. The Morgan fingerprint density at radius 1 is 1.03 bits per heavy atom. The molecule has 3 rings (SSSR count). The number of nitrogens with zero attached hydrogens (tertiary/aromatic N) is 4. The van der Waals surface area contributed by atoms with E-state index in [0.29, 0.717) is 43.3 Å². The van der Waals surface area contributed by atoms with E-state index in [1.54, 1.807) is 23.2 Å². The molecule has 2 heterocycles. The van der Waals surface area contributed by atoms with Crippen LogP contribution in [0.1, 0.15) is 30.7 Å². The summed E-state index contributed by atoms with van der Waals surface area (Å²) in [7, 11) is 0. The maximum absolute atomic E-state index is 12.7. The van der Waals surface area contributed by atoms with Gasteiger partial charge in [0.1, 0.15) is 5.69 Å². The third kappa shape index (κ3) is 6.24. The van der Waals surface area contributed by atoms with E-state index in [1.165, 1.54) is 0 Å². The highest BCUT2D eigenvalue weighted by Crippen LogP contribution is 2.14. The highest BCUT2D eigenvalue weighted by Gasteiger charge is 2.17. The van der Waals surface area contributed by atoms with Gasteiger partial charge in [0, 0.05) is 38.5 Å². The Bertz CT molecular complexity index is 928. The van der Waals surface area contributed by atoms with Crippen molar-refractivity contribution < 1.29 is 19.2 Å². The second kappa shape index (κ2) is 10.1. The average Bonchev–Trinajstić information content (AvgIpc) is 3.21. The first-order valence-electron chi connectivity index (χ1n) is 9.39. The third-order valence-electron chi connectivity index (χ3n) is 4.30. The number of carboxylic acids is 1. The predicted molar refractivity (Wildman–Crippen MR) is 105 cm³/mol. The molecule has 0 fully saturated rings. The van der Waals surface area contributed by atoms with E-state index in [2.05, 4.69) is 15.1 Å². The van der Waals surface area contributed by atoms with Gasteiger partial charge in [0.15, 0.2) is 0 Å². The summed E-state index contributed by atoms with van der Waals surface area (Å²) < 4.78 is 5.23. The van der Waals surface area contributed by atoms with Crippen LogP contribution in [0.15, 0.2) is 59.3 Å². The van der Waals surface area contributed by atoms with Crippen molar-refractivity contribution >= 4 is 11.9 Å². The standard InChI is InChI=1S/C21H22N4O4/c26-19(12-11-18-23-21(24-29-18)17-9-4-5-13-22-17)25(14-6-10-20(27)28)15-16-7-2-1-3-8-16/h1-5,7-9,13H,6,10-12,14-15H2,(H,27,28). The number of aliphatic carboxylic acids is 1. The molecule has 2 aromatic heterocycles. The van der Waals surface area contributed by atoms with E-state index in [-0.39, 0.29) is 18.7 Å². The van der Waals surface area contributed by atoms with Crippen molar-refractivity contribution in [3.63, 3.8) is 0 Å². The number of hydrogen-bond donors (Lipinski definition) is 1. The van der Waals surface area contributed by atoms with E-state index in [1.807, 2.05) is 36.4 Å². The Labute approximate surface area is 168 Å². The minimum atomic E-state index is -0.870. The lowest BCUT2D eigenvalue weighted by molar-refractivity contribution is -0.138. The summed E-state index contributed by atoms with van der Waals surface area (Å²) >= 11 is 0. The van der Waals surface area contributed by atoms with Gasteiger partial charge < -0.3 is 14.5 Å². The van der Waals surface area contributed by atoms with Crippen molar-refractivity contribution in [2.75, 3.05) is 6.54 Å². The van der Waals surface area contributed by atoms with E-state index >= 15 is 0 Å². The van der Waals surface area contributed by atoms with Crippen LogP contribution in [0.3, 0.4) is 0 Å². The average molecular weight is 394 g/mol. The molecule has 8 heteroatoms. The molecular weight excluding hydrogens is 372 g/mol. The molecular formula is C21H22N4O4. The lowest BCUT2D eigenvalue weighted by Crippen LogP contribution is -2.32. The Morgan fingerprint density at radius 3 is 2.55 bits per heavy atom. The van der Waals surface area contributed by atoms with Gasteiger partial charge in [0.2, 0.25) is 17.6 Å². The number of benzene rings is 1. The summed E-state index contributed by atoms with van der Waals surface area (Å²) in [5, 5.41) is 12.8. The van der Waals surface area contributed by atoms with E-state index in [4.69, 9.17) is 9.63 Å². The molecule has 1 N–H and O–H groups in total. The molecule has 0 saturated heterocycles. The van der Waals surface area contributed by atoms with Crippen LogP contribution < -0.4 is 0 Å². The van der Waals surface area contributed by atoms with E-state index in [0.717, 1.165) is 5.56 Å². The van der Waals surface area contributed by atoms with Crippen LogP contribution in [0.2, 0.25) is 0 Å². The van der Waals surface area contributed by atoms with Crippen LogP contribution in [-0.4, -0.2) is 43.6 Å². The van der Waals surface area contributed by atoms with Gasteiger partial charge in [-0.2, -0.15) is 4.98 Å². The number of rotatable bonds is 10. The van der Waals surface area contributed by atoms with Gasteiger partial charge in [-0.15, -0.1) is 0 Å². The Balaban J connectivity index is 1.60.